The van der Waals surface area contributed by atoms with Gasteiger partial charge in [-0.3, -0.25) is 14.6 Å². The number of likely N-dealkylation sites (tertiary alicyclic amines) is 1. The topological polar surface area (TPSA) is 51.7 Å². The van der Waals surface area contributed by atoms with Crippen LogP contribution in [0, 0.1) is 5.92 Å². The number of halogens is 3. The van der Waals surface area contributed by atoms with Crippen molar-refractivity contribution in [2.75, 3.05) is 50.7 Å². The summed E-state index contributed by atoms with van der Waals surface area (Å²) in [5.74, 6) is 1.33. The fraction of sp³-hybridized carbons (Fsp3) is 0.739. The van der Waals surface area contributed by atoms with Crippen molar-refractivity contribution in [3.8, 4) is 0 Å². The summed E-state index contributed by atoms with van der Waals surface area (Å²) >= 11 is 0. The number of anilines is 1. The van der Waals surface area contributed by atoms with Gasteiger partial charge in [0.1, 0.15) is 17.6 Å². The standard InChI is InChI=1S/C23H34F3N5O/c1-17(23(24,25)26)29-12-8-19(9-13-29)30-10-3-11-31(15-14-30)21-5-2-4-20(28-21)22(32)27-16-18-6-7-18/h2,4-5,17-19H,3,6-16H2,1H3,(H,27,32)/t17-/m0/s1. The summed E-state index contributed by atoms with van der Waals surface area (Å²) in [5.41, 5.74) is 0.454. The number of carbonyl (C=O) groups excluding carboxylic acids is 1. The van der Waals surface area contributed by atoms with Crippen LogP contribution >= 0.6 is 0 Å². The molecule has 0 bridgehead atoms. The number of hydrogen-bond donors (Lipinski definition) is 1. The molecule has 0 unspecified atom stereocenters. The van der Waals surface area contributed by atoms with Crippen LogP contribution in [-0.2, 0) is 0 Å². The first-order valence-electron chi connectivity index (χ1n) is 11.9. The minimum atomic E-state index is -4.16. The maximum Gasteiger partial charge on any atom is 0.403 e. The third kappa shape index (κ3) is 5.92. The number of pyridine rings is 1. The van der Waals surface area contributed by atoms with Crippen molar-refractivity contribution in [2.45, 2.75) is 57.3 Å². The zero-order valence-corrected chi connectivity index (χ0v) is 18.8. The van der Waals surface area contributed by atoms with Crippen LogP contribution in [-0.4, -0.2) is 84.8 Å². The van der Waals surface area contributed by atoms with Crippen LogP contribution < -0.4 is 10.2 Å². The van der Waals surface area contributed by atoms with Crippen LogP contribution in [0.1, 0.15) is 49.5 Å². The number of alkyl halides is 3. The molecule has 6 nitrogen and oxygen atoms in total. The Bertz CT molecular complexity index is 777. The van der Waals surface area contributed by atoms with Gasteiger partial charge in [0.25, 0.3) is 5.91 Å². The Hall–Kier alpha value is -1.87. The summed E-state index contributed by atoms with van der Waals surface area (Å²) in [6, 6.07) is 4.55. The summed E-state index contributed by atoms with van der Waals surface area (Å²) in [4.78, 5) is 23.2. The zero-order valence-electron chi connectivity index (χ0n) is 18.8. The number of piperidine rings is 1. The van der Waals surface area contributed by atoms with E-state index in [1.807, 2.05) is 12.1 Å². The molecule has 1 amide bonds. The Morgan fingerprint density at radius 1 is 1.09 bits per heavy atom. The molecule has 9 heteroatoms. The Morgan fingerprint density at radius 3 is 2.53 bits per heavy atom. The summed E-state index contributed by atoms with van der Waals surface area (Å²) in [6.45, 7) is 6.44. The molecule has 3 fully saturated rings. The Morgan fingerprint density at radius 2 is 1.84 bits per heavy atom. The average molecular weight is 454 g/mol. The lowest BCUT2D eigenvalue weighted by Gasteiger charge is -2.40. The van der Waals surface area contributed by atoms with E-state index in [2.05, 4.69) is 20.1 Å². The predicted octanol–water partition coefficient (Wildman–Crippen LogP) is 3.15. The smallest absolute Gasteiger partial charge is 0.355 e. The van der Waals surface area contributed by atoms with Gasteiger partial charge in [-0.05, 0) is 57.1 Å². The number of carbonyl (C=O) groups is 1. The molecule has 0 radical (unpaired) electrons. The normalized spacial score (nSPS) is 23.1. The van der Waals surface area contributed by atoms with E-state index in [4.69, 9.17) is 0 Å². The number of hydrogen-bond acceptors (Lipinski definition) is 5. The van der Waals surface area contributed by atoms with E-state index in [1.54, 1.807) is 11.0 Å². The lowest BCUT2D eigenvalue weighted by molar-refractivity contribution is -0.182. The molecule has 0 spiro atoms. The molecule has 1 aliphatic carbocycles. The van der Waals surface area contributed by atoms with Crippen LogP contribution in [0.25, 0.3) is 0 Å². The fourth-order valence-corrected chi connectivity index (χ4v) is 4.75. The van der Waals surface area contributed by atoms with E-state index < -0.39 is 12.2 Å². The molecule has 32 heavy (non-hydrogen) atoms. The molecule has 1 aromatic rings. The summed E-state index contributed by atoms with van der Waals surface area (Å²) < 4.78 is 39.0. The molecule has 1 aromatic heterocycles. The van der Waals surface area contributed by atoms with Crippen LogP contribution in [0.2, 0.25) is 0 Å². The highest BCUT2D eigenvalue weighted by Gasteiger charge is 2.41. The van der Waals surface area contributed by atoms with Crippen molar-refractivity contribution in [3.63, 3.8) is 0 Å². The van der Waals surface area contributed by atoms with E-state index in [-0.39, 0.29) is 5.91 Å². The largest absolute Gasteiger partial charge is 0.403 e. The number of aromatic nitrogens is 1. The van der Waals surface area contributed by atoms with Gasteiger partial charge in [0, 0.05) is 51.9 Å². The number of amides is 1. The Kier molecular flexibility index (Phi) is 7.24. The molecular formula is C23H34F3N5O. The van der Waals surface area contributed by atoms with Crippen molar-refractivity contribution in [1.29, 1.82) is 0 Å². The summed E-state index contributed by atoms with van der Waals surface area (Å²) in [7, 11) is 0. The van der Waals surface area contributed by atoms with Crippen LogP contribution in [0.4, 0.5) is 19.0 Å². The van der Waals surface area contributed by atoms with Gasteiger partial charge >= 0.3 is 6.18 Å². The Balaban J connectivity index is 1.29. The summed E-state index contributed by atoms with van der Waals surface area (Å²) in [6.07, 6.45) is 0.743. The highest BCUT2D eigenvalue weighted by Crippen LogP contribution is 2.29. The van der Waals surface area contributed by atoms with Crippen molar-refractivity contribution in [3.05, 3.63) is 23.9 Å². The molecule has 2 saturated heterocycles. The third-order valence-corrected chi connectivity index (χ3v) is 7.11. The average Bonchev–Trinajstić information content (AvgIpc) is 3.63. The number of rotatable bonds is 6. The molecular weight excluding hydrogens is 419 g/mol. The van der Waals surface area contributed by atoms with Crippen LogP contribution in [0.3, 0.4) is 0 Å². The molecule has 0 aromatic carbocycles. The second-order valence-electron chi connectivity index (χ2n) is 9.40. The molecule has 1 atom stereocenters. The minimum Gasteiger partial charge on any atom is -0.355 e. The SMILES string of the molecule is C[C@H](N1CCC(N2CCCN(c3cccc(C(=O)NCC4CC4)n3)CC2)CC1)C(F)(F)F. The van der Waals surface area contributed by atoms with Gasteiger partial charge in [-0.15, -0.1) is 0 Å². The number of nitrogens with zero attached hydrogens (tertiary/aromatic N) is 4. The maximum absolute atomic E-state index is 13.0. The van der Waals surface area contributed by atoms with Crippen molar-refractivity contribution in [1.82, 2.24) is 20.1 Å². The molecule has 1 saturated carbocycles. The minimum absolute atomic E-state index is 0.116. The maximum atomic E-state index is 13.0. The van der Waals surface area contributed by atoms with Gasteiger partial charge in [0.15, 0.2) is 0 Å². The second-order valence-corrected chi connectivity index (χ2v) is 9.40. The highest BCUT2D eigenvalue weighted by atomic mass is 19.4. The van der Waals surface area contributed by atoms with Gasteiger partial charge in [0.2, 0.25) is 0 Å². The lowest BCUT2D eigenvalue weighted by Crippen LogP contribution is -2.51. The lowest BCUT2D eigenvalue weighted by atomic mass is 10.0. The van der Waals surface area contributed by atoms with Crippen LogP contribution in [0.15, 0.2) is 18.2 Å². The highest BCUT2D eigenvalue weighted by molar-refractivity contribution is 5.92. The third-order valence-electron chi connectivity index (χ3n) is 7.11. The molecule has 4 rings (SSSR count). The number of nitrogens with one attached hydrogen (secondary N) is 1. The van der Waals surface area contributed by atoms with E-state index in [9.17, 15) is 18.0 Å². The Labute approximate surface area is 188 Å². The van der Waals surface area contributed by atoms with Crippen LogP contribution in [0.5, 0.6) is 0 Å². The van der Waals surface area contributed by atoms with E-state index in [0.717, 1.165) is 57.8 Å². The first-order chi connectivity index (χ1) is 15.3. The molecule has 178 valence electrons. The molecule has 3 aliphatic rings. The van der Waals surface area contributed by atoms with Gasteiger partial charge in [-0.25, -0.2) is 4.98 Å². The van der Waals surface area contributed by atoms with E-state index >= 15 is 0 Å². The molecule has 2 aliphatic heterocycles. The fourth-order valence-electron chi connectivity index (χ4n) is 4.75. The molecule has 3 heterocycles. The van der Waals surface area contributed by atoms with Gasteiger partial charge < -0.3 is 10.2 Å². The van der Waals surface area contributed by atoms with Gasteiger partial charge in [-0.1, -0.05) is 6.07 Å². The van der Waals surface area contributed by atoms with Crippen molar-refractivity contribution < 1.29 is 18.0 Å². The van der Waals surface area contributed by atoms with Gasteiger partial charge in [0.05, 0.1) is 0 Å². The van der Waals surface area contributed by atoms with E-state index in [1.165, 1.54) is 19.8 Å². The molecule has 1 N–H and O–H groups in total. The zero-order chi connectivity index (χ0) is 22.7. The van der Waals surface area contributed by atoms with Crippen molar-refractivity contribution >= 4 is 11.7 Å². The first-order valence-corrected chi connectivity index (χ1v) is 11.9. The van der Waals surface area contributed by atoms with Crippen molar-refractivity contribution in [2.24, 2.45) is 5.92 Å². The quantitative estimate of drug-likeness (QED) is 0.717. The van der Waals surface area contributed by atoms with E-state index in [0.29, 0.717) is 30.7 Å². The van der Waals surface area contributed by atoms with Gasteiger partial charge in [-0.2, -0.15) is 13.2 Å². The predicted molar refractivity (Wildman–Crippen MR) is 118 cm³/mol. The monoisotopic (exact) mass is 453 g/mol. The second kappa shape index (κ2) is 9.95. The first kappa shape index (κ1) is 23.3. The summed E-state index contributed by atoms with van der Waals surface area (Å²) in [5, 5.41) is 2.97.